The largest absolute Gasteiger partial charge is 0.493 e. The van der Waals surface area contributed by atoms with E-state index in [1.54, 1.807) is 24.3 Å². The maximum absolute atomic E-state index is 12.1. The number of amides is 1. The van der Waals surface area contributed by atoms with E-state index in [2.05, 4.69) is 5.32 Å². The van der Waals surface area contributed by atoms with Gasteiger partial charge in [0.25, 0.3) is 5.91 Å². The van der Waals surface area contributed by atoms with Crippen LogP contribution in [0.25, 0.3) is 0 Å². The second-order valence-electron chi connectivity index (χ2n) is 5.73. The molecule has 6 nitrogen and oxygen atoms in total. The quantitative estimate of drug-likeness (QED) is 0.773. The van der Waals surface area contributed by atoms with Crippen molar-refractivity contribution in [1.29, 1.82) is 5.26 Å². The van der Waals surface area contributed by atoms with Crippen LogP contribution in [-0.2, 0) is 14.3 Å². The van der Waals surface area contributed by atoms with Crippen molar-refractivity contribution < 1.29 is 19.1 Å². The molecular formula is C20H20N2O4. The topological polar surface area (TPSA) is 88.4 Å². The predicted molar refractivity (Wildman–Crippen MR) is 96.6 cm³/mol. The summed E-state index contributed by atoms with van der Waals surface area (Å²) in [6, 6.07) is 16.0. The zero-order valence-electron chi connectivity index (χ0n) is 14.7. The minimum Gasteiger partial charge on any atom is -0.493 e. The van der Waals surface area contributed by atoms with Crippen molar-refractivity contribution in [2.24, 2.45) is 0 Å². The van der Waals surface area contributed by atoms with E-state index in [1.807, 2.05) is 37.3 Å². The van der Waals surface area contributed by atoms with E-state index in [0.29, 0.717) is 17.0 Å². The number of hydrogen-bond acceptors (Lipinski definition) is 5. The van der Waals surface area contributed by atoms with E-state index in [9.17, 15) is 9.59 Å². The van der Waals surface area contributed by atoms with Crippen LogP contribution in [0.4, 0.5) is 5.69 Å². The van der Waals surface area contributed by atoms with Crippen molar-refractivity contribution >= 4 is 17.6 Å². The maximum atomic E-state index is 12.1. The molecular weight excluding hydrogens is 332 g/mol. The summed E-state index contributed by atoms with van der Waals surface area (Å²) in [5.74, 6) is -0.305. The van der Waals surface area contributed by atoms with E-state index in [-0.39, 0.29) is 13.0 Å². The minimum absolute atomic E-state index is 0.0372. The highest BCUT2D eigenvalue weighted by atomic mass is 16.5. The number of nitrogens with one attached hydrogen (secondary N) is 1. The highest BCUT2D eigenvalue weighted by Crippen LogP contribution is 2.13. The van der Waals surface area contributed by atoms with Crippen molar-refractivity contribution in [3.63, 3.8) is 0 Å². The van der Waals surface area contributed by atoms with Gasteiger partial charge >= 0.3 is 5.97 Å². The van der Waals surface area contributed by atoms with Gasteiger partial charge < -0.3 is 14.8 Å². The Balaban J connectivity index is 1.76. The van der Waals surface area contributed by atoms with E-state index >= 15 is 0 Å². The molecule has 2 aromatic carbocycles. The Hall–Kier alpha value is -3.33. The lowest BCUT2D eigenvalue weighted by Crippen LogP contribution is -2.30. The third-order valence-corrected chi connectivity index (χ3v) is 3.50. The Labute approximate surface area is 152 Å². The van der Waals surface area contributed by atoms with Crippen LogP contribution in [0.15, 0.2) is 48.5 Å². The number of nitriles is 1. The average Bonchev–Trinajstić information content (AvgIpc) is 2.62. The van der Waals surface area contributed by atoms with Crippen LogP contribution in [-0.4, -0.2) is 24.6 Å². The van der Waals surface area contributed by atoms with Crippen LogP contribution < -0.4 is 10.1 Å². The van der Waals surface area contributed by atoms with Gasteiger partial charge in [-0.2, -0.15) is 5.26 Å². The van der Waals surface area contributed by atoms with Crippen LogP contribution in [0.3, 0.4) is 0 Å². The lowest BCUT2D eigenvalue weighted by molar-refractivity contribution is -0.153. The summed E-state index contributed by atoms with van der Waals surface area (Å²) >= 11 is 0. The van der Waals surface area contributed by atoms with Crippen LogP contribution >= 0.6 is 0 Å². The summed E-state index contributed by atoms with van der Waals surface area (Å²) < 4.78 is 10.6. The van der Waals surface area contributed by atoms with E-state index in [0.717, 1.165) is 5.56 Å². The number of benzene rings is 2. The molecule has 0 aromatic heterocycles. The second kappa shape index (κ2) is 9.23. The SMILES string of the molecule is Cc1cccc(OCCC(=O)O[C@H](C)C(=O)Nc2cccc(C#N)c2)c1. The molecule has 2 aromatic rings. The van der Waals surface area contributed by atoms with Gasteiger partial charge in [0.05, 0.1) is 24.7 Å². The summed E-state index contributed by atoms with van der Waals surface area (Å²) in [5, 5.41) is 11.5. The molecule has 0 spiro atoms. The number of carbonyl (C=O) groups excluding carboxylic acids is 2. The standard InChI is InChI=1S/C20H20N2O4/c1-14-5-3-8-18(11-14)25-10-9-19(23)26-15(2)20(24)22-17-7-4-6-16(12-17)13-21/h3-8,11-12,15H,9-10H2,1-2H3,(H,22,24)/t15-/m1/s1. The average molecular weight is 352 g/mol. The first kappa shape index (κ1) is 19.0. The molecule has 2 rings (SSSR count). The number of hydrogen-bond donors (Lipinski definition) is 1. The molecule has 6 heteroatoms. The lowest BCUT2D eigenvalue weighted by atomic mass is 10.2. The molecule has 0 saturated carbocycles. The van der Waals surface area contributed by atoms with Crippen molar-refractivity contribution in [3.05, 3.63) is 59.7 Å². The van der Waals surface area contributed by atoms with Gasteiger partial charge in [0.1, 0.15) is 5.75 Å². The van der Waals surface area contributed by atoms with Gasteiger partial charge in [0.15, 0.2) is 6.10 Å². The highest BCUT2D eigenvalue weighted by Gasteiger charge is 2.18. The van der Waals surface area contributed by atoms with Crippen LogP contribution in [0.1, 0.15) is 24.5 Å². The molecule has 134 valence electrons. The number of nitrogens with zero attached hydrogens (tertiary/aromatic N) is 1. The van der Waals surface area contributed by atoms with Crippen LogP contribution in [0, 0.1) is 18.3 Å². The molecule has 0 aliphatic carbocycles. The zero-order chi connectivity index (χ0) is 18.9. The zero-order valence-corrected chi connectivity index (χ0v) is 14.7. The summed E-state index contributed by atoms with van der Waals surface area (Å²) in [6.45, 7) is 3.61. The molecule has 26 heavy (non-hydrogen) atoms. The van der Waals surface area contributed by atoms with Gasteiger partial charge in [0, 0.05) is 5.69 Å². The molecule has 1 atom stereocenters. The van der Waals surface area contributed by atoms with Crippen LogP contribution in [0.2, 0.25) is 0 Å². The van der Waals surface area contributed by atoms with Gasteiger partial charge in [-0.3, -0.25) is 9.59 Å². The lowest BCUT2D eigenvalue weighted by Gasteiger charge is -2.14. The number of rotatable bonds is 7. The molecule has 1 amide bonds. The molecule has 0 bridgehead atoms. The number of esters is 1. The van der Waals surface area contributed by atoms with Gasteiger partial charge in [-0.25, -0.2) is 0 Å². The Morgan fingerprint density at radius 1 is 1.19 bits per heavy atom. The third-order valence-electron chi connectivity index (χ3n) is 3.50. The molecule has 0 radical (unpaired) electrons. The van der Waals surface area contributed by atoms with E-state index < -0.39 is 18.0 Å². The van der Waals surface area contributed by atoms with E-state index in [4.69, 9.17) is 14.7 Å². The Morgan fingerprint density at radius 2 is 1.96 bits per heavy atom. The number of carbonyl (C=O) groups is 2. The smallest absolute Gasteiger partial charge is 0.310 e. The Morgan fingerprint density at radius 3 is 2.69 bits per heavy atom. The summed E-state index contributed by atoms with van der Waals surface area (Å²) in [5.41, 5.74) is 1.97. The van der Waals surface area contributed by atoms with Crippen molar-refractivity contribution in [1.82, 2.24) is 0 Å². The normalized spacial score (nSPS) is 11.1. The number of anilines is 1. The van der Waals surface area contributed by atoms with Gasteiger partial charge in [-0.15, -0.1) is 0 Å². The molecule has 0 aliphatic rings. The van der Waals surface area contributed by atoms with Gasteiger partial charge in [-0.05, 0) is 49.7 Å². The molecule has 0 fully saturated rings. The van der Waals surface area contributed by atoms with Crippen molar-refractivity contribution in [2.45, 2.75) is 26.4 Å². The fraction of sp³-hybridized carbons (Fsp3) is 0.250. The first-order valence-corrected chi connectivity index (χ1v) is 8.18. The molecule has 0 heterocycles. The molecule has 0 aliphatic heterocycles. The van der Waals surface area contributed by atoms with E-state index in [1.165, 1.54) is 6.92 Å². The fourth-order valence-electron chi connectivity index (χ4n) is 2.18. The van der Waals surface area contributed by atoms with Crippen molar-refractivity contribution in [3.8, 4) is 11.8 Å². The number of ether oxygens (including phenoxy) is 2. The Kier molecular flexibility index (Phi) is 6.75. The highest BCUT2D eigenvalue weighted by molar-refractivity contribution is 5.95. The summed E-state index contributed by atoms with van der Waals surface area (Å²) in [7, 11) is 0. The number of aryl methyl sites for hydroxylation is 1. The van der Waals surface area contributed by atoms with Crippen molar-refractivity contribution in [2.75, 3.05) is 11.9 Å². The second-order valence-corrected chi connectivity index (χ2v) is 5.73. The van der Waals surface area contributed by atoms with Gasteiger partial charge in [0.2, 0.25) is 0 Å². The molecule has 0 saturated heterocycles. The maximum Gasteiger partial charge on any atom is 0.310 e. The molecule has 1 N–H and O–H groups in total. The molecule has 0 unspecified atom stereocenters. The Bertz CT molecular complexity index is 827. The first-order chi connectivity index (χ1) is 12.5. The van der Waals surface area contributed by atoms with Crippen LogP contribution in [0.5, 0.6) is 5.75 Å². The first-order valence-electron chi connectivity index (χ1n) is 8.18. The van der Waals surface area contributed by atoms with Gasteiger partial charge in [-0.1, -0.05) is 18.2 Å². The summed E-state index contributed by atoms with van der Waals surface area (Å²) in [6.07, 6.45) is -0.914. The predicted octanol–water partition coefficient (Wildman–Crippen LogP) is 3.21. The monoisotopic (exact) mass is 352 g/mol. The third kappa shape index (κ3) is 5.95. The fourth-order valence-corrected chi connectivity index (χ4v) is 2.18. The summed E-state index contributed by atoms with van der Waals surface area (Å²) in [4.78, 5) is 23.9. The minimum atomic E-state index is -0.952.